The summed E-state index contributed by atoms with van der Waals surface area (Å²) < 4.78 is 0. The van der Waals surface area contributed by atoms with Gasteiger partial charge in [-0.3, -0.25) is 0 Å². The van der Waals surface area contributed by atoms with Crippen molar-refractivity contribution in [2.24, 2.45) is 5.92 Å². The van der Waals surface area contributed by atoms with Gasteiger partial charge in [-0.05, 0) is 82.7 Å². The maximum atomic E-state index is 11.1. The van der Waals surface area contributed by atoms with E-state index in [2.05, 4.69) is 121 Å². The molecule has 3 aromatic rings. The van der Waals surface area contributed by atoms with Gasteiger partial charge in [-0.25, -0.2) is 0 Å². The average molecular weight is 513 g/mol. The van der Waals surface area contributed by atoms with Gasteiger partial charge in [-0.15, -0.1) is 0 Å². The Balaban J connectivity index is 1.83. The first-order valence-electron chi connectivity index (χ1n) is 14.0. The fraction of sp³-hybridized carbons (Fsp3) is 0.429. The van der Waals surface area contributed by atoms with Crippen LogP contribution in [-0.4, -0.2) is 11.7 Å². The third-order valence-corrected chi connectivity index (χ3v) is 7.30. The van der Waals surface area contributed by atoms with E-state index in [-0.39, 0.29) is 10.8 Å². The van der Waals surface area contributed by atoms with Crippen LogP contribution in [0.15, 0.2) is 79.0 Å². The number of phenols is 1. The molecule has 204 valence electrons. The highest BCUT2D eigenvalue weighted by Crippen LogP contribution is 2.40. The number of rotatable bonds is 10. The van der Waals surface area contributed by atoms with Gasteiger partial charge >= 0.3 is 0 Å². The lowest BCUT2D eigenvalue weighted by atomic mass is 9.78. The standard InChI is InChI=1S/C35H48N2O/c1-10-25(2)24-37(30-20-18-29(19-21-30)36-28-14-12-11-13-15-28)26(3)16-17-27-22-31(34(4,5)6)33(38)32(23-27)35(7,8)9/h11-15,18-23,25,36,38H,3,10,16-17,24H2,1-2,4-9H3. The monoisotopic (exact) mass is 512 g/mol. The Kier molecular flexibility index (Phi) is 9.35. The molecule has 3 rings (SSSR count). The van der Waals surface area contributed by atoms with Gasteiger partial charge in [0.05, 0.1) is 0 Å². The maximum absolute atomic E-state index is 11.1. The Bertz CT molecular complexity index is 1160. The van der Waals surface area contributed by atoms with Crippen molar-refractivity contribution in [3.63, 3.8) is 0 Å². The Hall–Kier alpha value is -3.20. The summed E-state index contributed by atoms with van der Waals surface area (Å²) >= 11 is 0. The average Bonchev–Trinajstić information content (AvgIpc) is 2.86. The van der Waals surface area contributed by atoms with E-state index in [9.17, 15) is 5.11 Å². The predicted molar refractivity (Wildman–Crippen MR) is 166 cm³/mol. The molecule has 0 heterocycles. The molecule has 0 fully saturated rings. The molecular formula is C35H48N2O. The number of benzene rings is 3. The van der Waals surface area contributed by atoms with Crippen LogP contribution in [0.1, 0.15) is 84.9 Å². The number of anilines is 3. The SMILES string of the molecule is C=C(CCc1cc(C(C)(C)C)c(O)c(C(C)(C)C)c1)N(CC(C)CC)c1ccc(Nc2ccccc2)cc1. The summed E-state index contributed by atoms with van der Waals surface area (Å²) in [4.78, 5) is 2.39. The zero-order valence-corrected chi connectivity index (χ0v) is 24.9. The highest BCUT2D eigenvalue weighted by molar-refractivity contribution is 5.64. The Morgan fingerprint density at radius 3 is 1.89 bits per heavy atom. The van der Waals surface area contributed by atoms with Gasteiger partial charge in [-0.2, -0.15) is 0 Å². The van der Waals surface area contributed by atoms with E-state index in [1.165, 1.54) is 11.3 Å². The van der Waals surface area contributed by atoms with Gasteiger partial charge in [0.25, 0.3) is 0 Å². The summed E-state index contributed by atoms with van der Waals surface area (Å²) in [5, 5.41) is 14.6. The number of hydrogen-bond donors (Lipinski definition) is 2. The molecule has 2 N–H and O–H groups in total. The molecule has 1 atom stereocenters. The van der Waals surface area contributed by atoms with Gasteiger partial charge in [0.1, 0.15) is 5.75 Å². The quantitative estimate of drug-likeness (QED) is 0.284. The zero-order valence-electron chi connectivity index (χ0n) is 24.9. The molecule has 0 saturated carbocycles. The molecule has 3 nitrogen and oxygen atoms in total. The molecule has 0 radical (unpaired) electrons. The summed E-state index contributed by atoms with van der Waals surface area (Å²) in [5.41, 5.74) is 7.48. The van der Waals surface area contributed by atoms with E-state index < -0.39 is 0 Å². The highest BCUT2D eigenvalue weighted by Gasteiger charge is 2.26. The molecule has 3 heteroatoms. The van der Waals surface area contributed by atoms with E-state index in [1.807, 2.05) is 18.2 Å². The Morgan fingerprint density at radius 2 is 1.39 bits per heavy atom. The lowest BCUT2D eigenvalue weighted by Gasteiger charge is -2.31. The van der Waals surface area contributed by atoms with E-state index in [1.54, 1.807) is 0 Å². The summed E-state index contributed by atoms with van der Waals surface area (Å²) in [6.45, 7) is 23.0. The van der Waals surface area contributed by atoms with E-state index in [0.29, 0.717) is 11.7 Å². The molecule has 0 aliphatic heterocycles. The van der Waals surface area contributed by atoms with Crippen LogP contribution < -0.4 is 10.2 Å². The van der Waals surface area contributed by atoms with Gasteiger partial charge in [0.2, 0.25) is 0 Å². The van der Waals surface area contributed by atoms with Crippen molar-refractivity contribution < 1.29 is 5.11 Å². The molecule has 38 heavy (non-hydrogen) atoms. The van der Waals surface area contributed by atoms with Gasteiger partial charge in [-0.1, -0.05) is 98.7 Å². The molecule has 0 spiro atoms. The van der Waals surface area contributed by atoms with E-state index in [0.717, 1.165) is 54.0 Å². The van der Waals surface area contributed by atoms with Crippen molar-refractivity contribution in [2.75, 3.05) is 16.8 Å². The maximum Gasteiger partial charge on any atom is 0.123 e. The van der Waals surface area contributed by atoms with Crippen LogP contribution in [0.2, 0.25) is 0 Å². The second kappa shape index (κ2) is 12.1. The van der Waals surface area contributed by atoms with Crippen molar-refractivity contribution in [3.8, 4) is 5.75 Å². The minimum atomic E-state index is -0.130. The summed E-state index contributed by atoms with van der Waals surface area (Å²) in [5.74, 6) is 0.998. The lowest BCUT2D eigenvalue weighted by Crippen LogP contribution is -2.27. The number of nitrogens with one attached hydrogen (secondary N) is 1. The van der Waals surface area contributed by atoms with Crippen molar-refractivity contribution in [1.29, 1.82) is 0 Å². The van der Waals surface area contributed by atoms with Crippen LogP contribution in [0.3, 0.4) is 0 Å². The van der Waals surface area contributed by atoms with Crippen LogP contribution >= 0.6 is 0 Å². The van der Waals surface area contributed by atoms with E-state index >= 15 is 0 Å². The lowest BCUT2D eigenvalue weighted by molar-refractivity contribution is 0.422. The number of para-hydroxylation sites is 1. The Morgan fingerprint density at radius 1 is 0.868 bits per heavy atom. The summed E-state index contributed by atoms with van der Waals surface area (Å²) in [7, 11) is 0. The largest absolute Gasteiger partial charge is 0.507 e. The number of aromatic hydroxyl groups is 1. The number of allylic oxidation sites excluding steroid dienone is 1. The minimum Gasteiger partial charge on any atom is -0.507 e. The second-order valence-corrected chi connectivity index (χ2v) is 12.8. The van der Waals surface area contributed by atoms with Gasteiger partial charge in [0.15, 0.2) is 0 Å². The van der Waals surface area contributed by atoms with Crippen molar-refractivity contribution in [3.05, 3.63) is 95.7 Å². The van der Waals surface area contributed by atoms with Gasteiger partial charge < -0.3 is 15.3 Å². The van der Waals surface area contributed by atoms with Gasteiger partial charge in [0, 0.05) is 29.3 Å². The van der Waals surface area contributed by atoms with Crippen LogP contribution in [0, 0.1) is 5.92 Å². The number of nitrogens with zero attached hydrogens (tertiary/aromatic N) is 1. The molecule has 0 aliphatic rings. The first-order chi connectivity index (χ1) is 17.8. The number of phenolic OH excluding ortho intramolecular Hbond substituents is 1. The third kappa shape index (κ3) is 7.66. The van der Waals surface area contributed by atoms with Crippen LogP contribution in [0.4, 0.5) is 17.1 Å². The number of hydrogen-bond acceptors (Lipinski definition) is 3. The Labute approximate surface area is 231 Å². The first kappa shape index (κ1) is 29.4. The van der Waals surface area contributed by atoms with Crippen molar-refractivity contribution in [1.82, 2.24) is 0 Å². The molecule has 0 saturated heterocycles. The first-order valence-corrected chi connectivity index (χ1v) is 14.0. The van der Waals surface area contributed by atoms with Crippen LogP contribution in [-0.2, 0) is 17.3 Å². The fourth-order valence-electron chi connectivity index (χ4n) is 4.68. The zero-order chi connectivity index (χ0) is 28.1. The predicted octanol–water partition coefficient (Wildman–Crippen LogP) is 9.73. The molecule has 0 amide bonds. The summed E-state index contributed by atoms with van der Waals surface area (Å²) in [6.07, 6.45) is 2.87. The van der Waals surface area contributed by atoms with E-state index in [4.69, 9.17) is 0 Å². The smallest absolute Gasteiger partial charge is 0.123 e. The molecule has 0 aromatic heterocycles. The van der Waals surface area contributed by atoms with Crippen LogP contribution in [0.25, 0.3) is 0 Å². The van der Waals surface area contributed by atoms with Crippen molar-refractivity contribution >= 4 is 17.1 Å². The fourth-order valence-corrected chi connectivity index (χ4v) is 4.68. The third-order valence-electron chi connectivity index (χ3n) is 7.30. The molecule has 0 aliphatic carbocycles. The second-order valence-electron chi connectivity index (χ2n) is 12.8. The molecule has 1 unspecified atom stereocenters. The molecular weight excluding hydrogens is 464 g/mol. The summed E-state index contributed by atoms with van der Waals surface area (Å²) in [6, 6.07) is 23.3. The normalized spacial score (nSPS) is 12.7. The van der Waals surface area contributed by atoms with Crippen molar-refractivity contribution in [2.45, 2.75) is 85.5 Å². The minimum absolute atomic E-state index is 0.130. The molecule has 0 bridgehead atoms. The van der Waals surface area contributed by atoms with Crippen LogP contribution in [0.5, 0.6) is 5.75 Å². The molecule has 3 aromatic carbocycles. The highest BCUT2D eigenvalue weighted by atomic mass is 16.3. The topological polar surface area (TPSA) is 35.5 Å². The number of aryl methyl sites for hydroxylation is 1.